The van der Waals surface area contributed by atoms with Crippen molar-refractivity contribution in [2.75, 3.05) is 11.9 Å². The summed E-state index contributed by atoms with van der Waals surface area (Å²) < 4.78 is 1.45. The van der Waals surface area contributed by atoms with Gasteiger partial charge in [0, 0.05) is 17.5 Å². The van der Waals surface area contributed by atoms with Crippen molar-refractivity contribution in [3.63, 3.8) is 0 Å². The van der Waals surface area contributed by atoms with Gasteiger partial charge in [-0.05, 0) is 24.8 Å². The van der Waals surface area contributed by atoms with Crippen molar-refractivity contribution in [3.8, 4) is 0 Å². The molecule has 0 atom stereocenters. The number of anilines is 1. The quantitative estimate of drug-likeness (QED) is 0.755. The molecule has 98 valence electrons. The number of aromatic nitrogens is 4. The normalized spacial score (nSPS) is 11.0. The van der Waals surface area contributed by atoms with E-state index in [0.29, 0.717) is 11.5 Å². The molecule has 0 saturated carbocycles. The van der Waals surface area contributed by atoms with Gasteiger partial charge in [0.25, 0.3) is 0 Å². The van der Waals surface area contributed by atoms with Gasteiger partial charge in [0.15, 0.2) is 5.65 Å². The highest BCUT2D eigenvalue weighted by Gasteiger charge is 2.06. The SMILES string of the molecule is Cc1nc(NCCc2cccs2)cc2n[nH]c(=O)n12. The molecule has 3 rings (SSSR count). The highest BCUT2D eigenvalue weighted by Crippen LogP contribution is 2.11. The zero-order valence-corrected chi connectivity index (χ0v) is 11.2. The number of nitrogens with one attached hydrogen (secondary N) is 2. The second kappa shape index (κ2) is 4.85. The molecular formula is C12H13N5OS. The van der Waals surface area contributed by atoms with Crippen LogP contribution in [0.4, 0.5) is 5.82 Å². The molecule has 3 heterocycles. The van der Waals surface area contributed by atoms with Crippen LogP contribution in [0, 0.1) is 6.92 Å². The van der Waals surface area contributed by atoms with Crippen molar-refractivity contribution in [1.82, 2.24) is 19.6 Å². The molecule has 0 aliphatic rings. The van der Waals surface area contributed by atoms with E-state index in [-0.39, 0.29) is 5.69 Å². The molecule has 0 bridgehead atoms. The van der Waals surface area contributed by atoms with Crippen LogP contribution in [-0.4, -0.2) is 26.1 Å². The molecule has 7 heteroatoms. The van der Waals surface area contributed by atoms with E-state index in [9.17, 15) is 4.79 Å². The molecule has 0 fully saturated rings. The molecular weight excluding hydrogens is 262 g/mol. The number of H-pyrrole nitrogens is 1. The lowest BCUT2D eigenvalue weighted by atomic mass is 10.3. The molecule has 3 aromatic rings. The Hall–Kier alpha value is -2.15. The summed E-state index contributed by atoms with van der Waals surface area (Å²) in [6, 6.07) is 5.92. The summed E-state index contributed by atoms with van der Waals surface area (Å²) >= 11 is 1.74. The van der Waals surface area contributed by atoms with Crippen LogP contribution in [-0.2, 0) is 6.42 Å². The van der Waals surface area contributed by atoms with E-state index >= 15 is 0 Å². The van der Waals surface area contributed by atoms with E-state index in [1.54, 1.807) is 24.3 Å². The largest absolute Gasteiger partial charge is 0.370 e. The fraction of sp³-hybridized carbons (Fsp3) is 0.250. The average Bonchev–Trinajstić information content (AvgIpc) is 3.00. The fourth-order valence-corrected chi connectivity index (χ4v) is 2.67. The van der Waals surface area contributed by atoms with E-state index < -0.39 is 0 Å². The molecule has 0 aliphatic carbocycles. The lowest BCUT2D eigenvalue weighted by molar-refractivity contribution is 0.927. The zero-order valence-electron chi connectivity index (χ0n) is 10.4. The minimum Gasteiger partial charge on any atom is -0.370 e. The number of hydrogen-bond acceptors (Lipinski definition) is 5. The molecule has 0 spiro atoms. The van der Waals surface area contributed by atoms with E-state index in [2.05, 4.69) is 31.9 Å². The maximum Gasteiger partial charge on any atom is 0.349 e. The summed E-state index contributed by atoms with van der Waals surface area (Å²) in [5.41, 5.74) is 0.321. The summed E-state index contributed by atoms with van der Waals surface area (Å²) in [4.78, 5) is 17.1. The topological polar surface area (TPSA) is 75.1 Å². The van der Waals surface area contributed by atoms with Gasteiger partial charge in [0.2, 0.25) is 0 Å². The first-order valence-corrected chi connectivity index (χ1v) is 6.83. The Kier molecular flexibility index (Phi) is 3.04. The second-order valence-electron chi connectivity index (χ2n) is 4.17. The average molecular weight is 275 g/mol. The number of rotatable bonds is 4. The number of thiophene rings is 1. The molecule has 0 saturated heterocycles. The molecule has 0 unspecified atom stereocenters. The molecule has 0 radical (unpaired) electrons. The van der Waals surface area contributed by atoms with Gasteiger partial charge in [-0.1, -0.05) is 6.07 Å². The van der Waals surface area contributed by atoms with Gasteiger partial charge in [0.05, 0.1) is 0 Å². The first-order chi connectivity index (χ1) is 9.24. The van der Waals surface area contributed by atoms with Crippen LogP contribution in [0.2, 0.25) is 0 Å². The summed E-state index contributed by atoms with van der Waals surface area (Å²) in [7, 11) is 0. The van der Waals surface area contributed by atoms with Gasteiger partial charge in [-0.2, -0.15) is 5.10 Å². The molecule has 6 nitrogen and oxygen atoms in total. The van der Waals surface area contributed by atoms with Gasteiger partial charge in [0.1, 0.15) is 11.6 Å². The predicted octanol–water partition coefficient (Wildman–Crippen LogP) is 1.44. The van der Waals surface area contributed by atoms with Gasteiger partial charge >= 0.3 is 5.69 Å². The molecule has 0 amide bonds. The third-order valence-electron chi connectivity index (χ3n) is 2.83. The highest BCUT2D eigenvalue weighted by atomic mass is 32.1. The standard InChI is InChI=1S/C12H13N5OS/c1-8-14-10(7-11-15-16-12(18)17(8)11)13-5-4-9-3-2-6-19-9/h2-3,6-7,13H,4-5H2,1H3,(H,16,18). The Balaban J connectivity index is 1.76. The number of aromatic amines is 1. The number of hydrogen-bond donors (Lipinski definition) is 2. The Morgan fingerprint density at radius 3 is 3.21 bits per heavy atom. The van der Waals surface area contributed by atoms with Crippen molar-refractivity contribution in [2.45, 2.75) is 13.3 Å². The number of nitrogens with zero attached hydrogens (tertiary/aromatic N) is 3. The first kappa shape index (κ1) is 11.9. The fourth-order valence-electron chi connectivity index (χ4n) is 1.96. The Morgan fingerprint density at radius 1 is 1.53 bits per heavy atom. The summed E-state index contributed by atoms with van der Waals surface area (Å²) in [6.07, 6.45) is 0.955. The maximum absolute atomic E-state index is 11.5. The van der Waals surface area contributed by atoms with Crippen molar-refractivity contribution >= 4 is 22.8 Å². The van der Waals surface area contributed by atoms with Crippen LogP contribution in [0.5, 0.6) is 0 Å². The zero-order chi connectivity index (χ0) is 13.2. The number of fused-ring (bicyclic) bond motifs is 1. The molecule has 0 aliphatic heterocycles. The summed E-state index contributed by atoms with van der Waals surface area (Å²) in [6.45, 7) is 2.59. The van der Waals surface area contributed by atoms with Gasteiger partial charge in [-0.25, -0.2) is 19.3 Å². The Labute approximate surface area is 113 Å². The van der Waals surface area contributed by atoms with Crippen LogP contribution < -0.4 is 11.0 Å². The molecule has 19 heavy (non-hydrogen) atoms. The van der Waals surface area contributed by atoms with Crippen molar-refractivity contribution < 1.29 is 0 Å². The van der Waals surface area contributed by atoms with Gasteiger partial charge < -0.3 is 5.32 Å². The number of aryl methyl sites for hydroxylation is 1. The maximum atomic E-state index is 11.5. The van der Waals surface area contributed by atoms with Crippen LogP contribution in [0.15, 0.2) is 28.4 Å². The third kappa shape index (κ3) is 2.37. The van der Waals surface area contributed by atoms with Crippen LogP contribution in [0.25, 0.3) is 5.65 Å². The smallest absolute Gasteiger partial charge is 0.349 e. The highest BCUT2D eigenvalue weighted by molar-refractivity contribution is 7.09. The van der Waals surface area contributed by atoms with Crippen LogP contribution in [0.1, 0.15) is 10.7 Å². The Morgan fingerprint density at radius 2 is 2.42 bits per heavy atom. The van der Waals surface area contributed by atoms with E-state index in [4.69, 9.17) is 0 Å². The third-order valence-corrected chi connectivity index (χ3v) is 3.76. The molecule has 0 aromatic carbocycles. The Bertz CT molecular complexity index is 743. The molecule has 3 aromatic heterocycles. The van der Waals surface area contributed by atoms with Crippen molar-refractivity contribution in [1.29, 1.82) is 0 Å². The molecule has 2 N–H and O–H groups in total. The predicted molar refractivity (Wildman–Crippen MR) is 74.9 cm³/mol. The summed E-state index contributed by atoms with van der Waals surface area (Å²) in [5.74, 6) is 1.36. The van der Waals surface area contributed by atoms with Crippen molar-refractivity contribution in [3.05, 3.63) is 44.8 Å². The lowest BCUT2D eigenvalue weighted by Gasteiger charge is -2.06. The van der Waals surface area contributed by atoms with Crippen LogP contribution in [0.3, 0.4) is 0 Å². The summed E-state index contributed by atoms with van der Waals surface area (Å²) in [5, 5.41) is 11.7. The van der Waals surface area contributed by atoms with Gasteiger partial charge in [-0.3, -0.25) is 0 Å². The second-order valence-corrected chi connectivity index (χ2v) is 5.20. The lowest BCUT2D eigenvalue weighted by Crippen LogP contribution is -2.14. The minimum atomic E-state index is -0.259. The monoisotopic (exact) mass is 275 g/mol. The minimum absolute atomic E-state index is 0.259. The first-order valence-electron chi connectivity index (χ1n) is 5.95. The van der Waals surface area contributed by atoms with Crippen LogP contribution >= 0.6 is 11.3 Å². The van der Waals surface area contributed by atoms with E-state index in [0.717, 1.165) is 18.8 Å². The van der Waals surface area contributed by atoms with Gasteiger partial charge in [-0.15, -0.1) is 11.3 Å². The van der Waals surface area contributed by atoms with E-state index in [1.807, 2.05) is 6.07 Å². The van der Waals surface area contributed by atoms with Crippen molar-refractivity contribution in [2.24, 2.45) is 0 Å². The van der Waals surface area contributed by atoms with E-state index in [1.165, 1.54) is 9.28 Å².